The van der Waals surface area contributed by atoms with Crippen LogP contribution in [0, 0.1) is 0 Å². The van der Waals surface area contributed by atoms with Crippen molar-refractivity contribution in [3.8, 4) is 0 Å². The summed E-state index contributed by atoms with van der Waals surface area (Å²) >= 11 is 0. The Morgan fingerprint density at radius 3 is 2.81 bits per heavy atom. The largest absolute Gasteiger partial charge is 0.479 e. The first-order valence-corrected chi connectivity index (χ1v) is 6.14. The van der Waals surface area contributed by atoms with Crippen LogP contribution in [0.2, 0.25) is 0 Å². The molecule has 0 aromatic rings. The van der Waals surface area contributed by atoms with Crippen molar-refractivity contribution in [3.63, 3.8) is 0 Å². The van der Waals surface area contributed by atoms with Crippen LogP contribution in [0.3, 0.4) is 0 Å². The summed E-state index contributed by atoms with van der Waals surface area (Å²) in [5.41, 5.74) is 0.112. The van der Waals surface area contributed by atoms with Crippen LogP contribution in [0.25, 0.3) is 0 Å². The highest BCUT2D eigenvalue weighted by atomic mass is 16.6. The second-order valence-electron chi connectivity index (χ2n) is 4.98. The zero-order valence-corrected chi connectivity index (χ0v) is 9.78. The van der Waals surface area contributed by atoms with Crippen LogP contribution in [-0.4, -0.2) is 35.5 Å². The minimum Gasteiger partial charge on any atom is -0.479 e. The van der Waals surface area contributed by atoms with Gasteiger partial charge in [-0.2, -0.15) is 0 Å². The molecule has 4 heteroatoms. The van der Waals surface area contributed by atoms with Crippen molar-refractivity contribution >= 4 is 5.97 Å². The number of hydrogen-bond donors (Lipinski definition) is 1. The molecule has 16 heavy (non-hydrogen) atoms. The number of ether oxygens (including phenoxy) is 2. The molecule has 2 atom stereocenters. The molecule has 1 saturated heterocycles. The van der Waals surface area contributed by atoms with E-state index >= 15 is 0 Å². The Kier molecular flexibility index (Phi) is 3.50. The third-order valence-corrected chi connectivity index (χ3v) is 3.73. The number of carbonyl (C=O) groups is 1. The van der Waals surface area contributed by atoms with E-state index in [2.05, 4.69) is 0 Å². The van der Waals surface area contributed by atoms with Gasteiger partial charge in [-0.1, -0.05) is 12.8 Å². The third-order valence-electron chi connectivity index (χ3n) is 3.73. The van der Waals surface area contributed by atoms with Crippen molar-refractivity contribution in [2.24, 2.45) is 0 Å². The molecule has 0 radical (unpaired) electrons. The first-order valence-electron chi connectivity index (χ1n) is 6.14. The zero-order chi connectivity index (χ0) is 11.6. The van der Waals surface area contributed by atoms with Crippen molar-refractivity contribution in [2.75, 3.05) is 6.61 Å². The summed E-state index contributed by atoms with van der Waals surface area (Å²) in [7, 11) is 0. The Labute approximate surface area is 95.9 Å². The van der Waals surface area contributed by atoms with Gasteiger partial charge in [0.25, 0.3) is 0 Å². The topological polar surface area (TPSA) is 55.8 Å². The molecular weight excluding hydrogens is 208 g/mol. The molecule has 0 aromatic carbocycles. The van der Waals surface area contributed by atoms with Crippen molar-refractivity contribution < 1.29 is 19.4 Å². The predicted octanol–water partition coefficient (Wildman–Crippen LogP) is 1.97. The van der Waals surface area contributed by atoms with Crippen LogP contribution in [0.15, 0.2) is 0 Å². The molecule has 0 amide bonds. The molecule has 2 rings (SSSR count). The molecule has 1 aliphatic carbocycles. The van der Waals surface area contributed by atoms with E-state index < -0.39 is 12.1 Å². The van der Waals surface area contributed by atoms with E-state index in [1.165, 1.54) is 12.8 Å². The number of rotatable bonds is 4. The van der Waals surface area contributed by atoms with E-state index in [0.717, 1.165) is 25.7 Å². The fourth-order valence-corrected chi connectivity index (χ4v) is 2.72. The summed E-state index contributed by atoms with van der Waals surface area (Å²) in [4.78, 5) is 10.6. The van der Waals surface area contributed by atoms with Gasteiger partial charge in [0.15, 0.2) is 6.10 Å². The smallest absolute Gasteiger partial charge is 0.332 e. The molecule has 1 N–H and O–H groups in total. The minimum absolute atomic E-state index is 0.0971. The van der Waals surface area contributed by atoms with Crippen LogP contribution in [0.4, 0.5) is 0 Å². The molecular formula is C12H20O4. The lowest BCUT2D eigenvalue weighted by Crippen LogP contribution is -2.29. The number of hydrogen-bond acceptors (Lipinski definition) is 3. The first kappa shape index (κ1) is 11.9. The average Bonchev–Trinajstić information content (AvgIpc) is 2.86. The molecule has 4 nitrogen and oxygen atoms in total. The molecule has 92 valence electrons. The van der Waals surface area contributed by atoms with Crippen LogP contribution in [0.5, 0.6) is 0 Å². The predicted molar refractivity (Wildman–Crippen MR) is 58.4 cm³/mol. The Morgan fingerprint density at radius 2 is 2.19 bits per heavy atom. The maximum absolute atomic E-state index is 10.6. The van der Waals surface area contributed by atoms with E-state index in [4.69, 9.17) is 14.6 Å². The number of carboxylic acid groups (broad SMARTS) is 1. The van der Waals surface area contributed by atoms with Gasteiger partial charge < -0.3 is 14.6 Å². The highest BCUT2D eigenvalue weighted by Gasteiger charge is 2.42. The average molecular weight is 228 g/mol. The lowest BCUT2D eigenvalue weighted by Gasteiger charge is -2.24. The van der Waals surface area contributed by atoms with Gasteiger partial charge in [0.1, 0.15) is 0 Å². The second kappa shape index (κ2) is 4.72. The van der Waals surface area contributed by atoms with E-state index in [1.54, 1.807) is 6.92 Å². The highest BCUT2D eigenvalue weighted by Crippen LogP contribution is 2.43. The molecule has 1 unspecified atom stereocenters. The molecule has 0 aromatic heterocycles. The Morgan fingerprint density at radius 1 is 1.50 bits per heavy atom. The zero-order valence-electron chi connectivity index (χ0n) is 9.78. The SMILES string of the molecule is C[C@@H](OCC1CCC2(CCCC2)O1)C(=O)O. The summed E-state index contributed by atoms with van der Waals surface area (Å²) in [5, 5.41) is 8.70. The minimum atomic E-state index is -0.909. The summed E-state index contributed by atoms with van der Waals surface area (Å²) in [6.45, 7) is 1.97. The van der Waals surface area contributed by atoms with Crippen molar-refractivity contribution in [3.05, 3.63) is 0 Å². The standard InChI is InChI=1S/C12H20O4/c1-9(11(13)14)15-8-10-4-7-12(16-10)5-2-3-6-12/h9-10H,2-8H2,1H3,(H,13,14)/t9-,10?/m1/s1. The van der Waals surface area contributed by atoms with Crippen LogP contribution in [-0.2, 0) is 14.3 Å². The second-order valence-corrected chi connectivity index (χ2v) is 4.98. The maximum atomic E-state index is 10.6. The van der Waals surface area contributed by atoms with E-state index in [-0.39, 0.29) is 11.7 Å². The van der Waals surface area contributed by atoms with E-state index in [9.17, 15) is 4.79 Å². The quantitative estimate of drug-likeness (QED) is 0.799. The normalized spacial score (nSPS) is 29.7. The van der Waals surface area contributed by atoms with Gasteiger partial charge in [-0.05, 0) is 32.6 Å². The molecule has 0 bridgehead atoms. The van der Waals surface area contributed by atoms with Gasteiger partial charge in [0.2, 0.25) is 0 Å². The van der Waals surface area contributed by atoms with Crippen molar-refractivity contribution in [2.45, 2.75) is 63.3 Å². The van der Waals surface area contributed by atoms with E-state index in [1.807, 2.05) is 0 Å². The Balaban J connectivity index is 1.74. The third kappa shape index (κ3) is 2.55. The maximum Gasteiger partial charge on any atom is 0.332 e. The monoisotopic (exact) mass is 228 g/mol. The van der Waals surface area contributed by atoms with Crippen molar-refractivity contribution in [1.82, 2.24) is 0 Å². The Bertz CT molecular complexity index is 258. The molecule has 1 saturated carbocycles. The fourth-order valence-electron chi connectivity index (χ4n) is 2.72. The summed E-state index contributed by atoms with van der Waals surface area (Å²) < 4.78 is 11.3. The molecule has 1 spiro atoms. The summed E-state index contributed by atoms with van der Waals surface area (Å²) in [5.74, 6) is -0.909. The molecule has 2 aliphatic rings. The van der Waals surface area contributed by atoms with Crippen LogP contribution in [0.1, 0.15) is 45.4 Å². The van der Waals surface area contributed by atoms with Crippen molar-refractivity contribution in [1.29, 1.82) is 0 Å². The van der Waals surface area contributed by atoms with Crippen LogP contribution < -0.4 is 0 Å². The van der Waals surface area contributed by atoms with E-state index in [0.29, 0.717) is 6.61 Å². The number of aliphatic carboxylic acids is 1. The molecule has 1 aliphatic heterocycles. The lowest BCUT2D eigenvalue weighted by molar-refractivity contribution is -0.152. The van der Waals surface area contributed by atoms with Gasteiger partial charge in [0, 0.05) is 0 Å². The van der Waals surface area contributed by atoms with Gasteiger partial charge in [0.05, 0.1) is 18.3 Å². The van der Waals surface area contributed by atoms with Crippen LogP contribution >= 0.6 is 0 Å². The lowest BCUT2D eigenvalue weighted by atomic mass is 9.98. The Hall–Kier alpha value is -0.610. The fraction of sp³-hybridized carbons (Fsp3) is 0.917. The van der Waals surface area contributed by atoms with Gasteiger partial charge >= 0.3 is 5.97 Å². The molecule has 1 heterocycles. The number of carboxylic acids is 1. The van der Waals surface area contributed by atoms with Gasteiger partial charge in [-0.15, -0.1) is 0 Å². The summed E-state index contributed by atoms with van der Waals surface area (Å²) in [6.07, 6.45) is 6.34. The summed E-state index contributed by atoms with van der Waals surface area (Å²) in [6, 6.07) is 0. The van der Waals surface area contributed by atoms with Gasteiger partial charge in [-0.25, -0.2) is 4.79 Å². The van der Waals surface area contributed by atoms with Gasteiger partial charge in [-0.3, -0.25) is 0 Å². The first-order chi connectivity index (χ1) is 7.61. The highest BCUT2D eigenvalue weighted by molar-refractivity contribution is 5.71. The molecule has 2 fully saturated rings.